The van der Waals surface area contributed by atoms with Crippen molar-refractivity contribution < 1.29 is 48.7 Å². The van der Waals surface area contributed by atoms with Gasteiger partial charge in [-0.15, -0.1) is 0 Å². The van der Waals surface area contributed by atoms with Crippen molar-refractivity contribution in [2.45, 2.75) is 43.7 Å². The number of carboxylic acids is 1. The zero-order valence-corrected chi connectivity index (χ0v) is 18.4. The molecule has 1 aliphatic heterocycles. The Hall–Kier alpha value is -3.09. The molecule has 0 saturated carbocycles. The summed E-state index contributed by atoms with van der Waals surface area (Å²) in [7, 11) is 0. The summed E-state index contributed by atoms with van der Waals surface area (Å²) in [6.07, 6.45) is -9.87. The number of amides is 1. The highest BCUT2D eigenvalue weighted by Crippen LogP contribution is 2.28. The number of aliphatic hydroxyl groups excluding tert-OH is 3. The Bertz CT molecular complexity index is 1070. The second kappa shape index (κ2) is 10.5. The molecule has 2 aromatic rings. The number of rotatable bonds is 6. The Kier molecular flexibility index (Phi) is 7.85. The maximum atomic E-state index is 13.7. The van der Waals surface area contributed by atoms with E-state index in [2.05, 4.69) is 0 Å². The van der Waals surface area contributed by atoms with Crippen LogP contribution in [0.4, 0.5) is 10.1 Å². The highest BCUT2D eigenvalue weighted by Gasteiger charge is 2.49. The van der Waals surface area contributed by atoms with Crippen molar-refractivity contribution in [3.8, 4) is 0 Å². The fraction of sp³-hybridized carbons (Fsp3) is 0.318. The minimum absolute atomic E-state index is 0.0497. The molecule has 182 valence electrons. The Balaban J connectivity index is 1.90. The smallest absolute Gasteiger partial charge is 0.335 e. The summed E-state index contributed by atoms with van der Waals surface area (Å²) in [5.41, 5.74) is 0.231. The molecule has 34 heavy (non-hydrogen) atoms. The lowest BCUT2D eigenvalue weighted by Crippen LogP contribution is -2.61. The predicted molar refractivity (Wildman–Crippen MR) is 115 cm³/mol. The van der Waals surface area contributed by atoms with Crippen LogP contribution in [0.15, 0.2) is 48.5 Å². The Labute approximate surface area is 197 Å². The van der Waals surface area contributed by atoms with Gasteiger partial charge in [0, 0.05) is 11.3 Å². The largest absolute Gasteiger partial charge is 0.479 e. The number of carboxylic acid groups (broad SMARTS) is 1. The van der Waals surface area contributed by atoms with Gasteiger partial charge in [-0.3, -0.25) is 9.69 Å². The van der Waals surface area contributed by atoms with Crippen molar-refractivity contribution in [1.82, 2.24) is 0 Å². The van der Waals surface area contributed by atoms with E-state index in [0.29, 0.717) is 0 Å². The van der Waals surface area contributed by atoms with E-state index in [4.69, 9.17) is 26.2 Å². The molecule has 0 radical (unpaired) electrons. The van der Waals surface area contributed by atoms with Crippen LogP contribution >= 0.6 is 11.6 Å². The summed E-state index contributed by atoms with van der Waals surface area (Å²) >= 11 is 5.85. The van der Waals surface area contributed by atoms with E-state index in [-0.39, 0.29) is 16.3 Å². The van der Waals surface area contributed by atoms with Gasteiger partial charge >= 0.3 is 11.9 Å². The van der Waals surface area contributed by atoms with Gasteiger partial charge in [0.25, 0.3) is 5.91 Å². The van der Waals surface area contributed by atoms with E-state index in [1.165, 1.54) is 25.1 Å². The van der Waals surface area contributed by atoms with Crippen LogP contribution in [0.5, 0.6) is 0 Å². The normalized spacial score (nSPS) is 25.3. The molecule has 0 spiro atoms. The first-order valence-electron chi connectivity index (χ1n) is 9.99. The summed E-state index contributed by atoms with van der Waals surface area (Å²) in [5.74, 6) is -4.23. The maximum Gasteiger partial charge on any atom is 0.335 e. The second-order valence-electron chi connectivity index (χ2n) is 7.49. The molecule has 3 rings (SSSR count). The number of aliphatic hydroxyl groups is 3. The average molecular weight is 498 g/mol. The molecule has 12 heteroatoms. The summed E-state index contributed by atoms with van der Waals surface area (Å²) in [5, 5.41) is 38.6. The molecule has 1 aliphatic rings. The van der Waals surface area contributed by atoms with Gasteiger partial charge < -0.3 is 29.9 Å². The number of ether oxygens (including phenoxy) is 2. The molecule has 1 fully saturated rings. The van der Waals surface area contributed by atoms with Crippen molar-refractivity contribution in [1.29, 1.82) is 0 Å². The molecule has 1 amide bonds. The summed E-state index contributed by atoms with van der Waals surface area (Å²) in [6, 6.07) is 9.79. The lowest BCUT2D eigenvalue weighted by Gasteiger charge is -2.38. The van der Waals surface area contributed by atoms with Gasteiger partial charge in [-0.1, -0.05) is 29.8 Å². The number of nitrogens with zero attached hydrogens (tertiary/aromatic N) is 1. The zero-order chi connectivity index (χ0) is 25.2. The number of hydrogen-bond donors (Lipinski definition) is 4. The summed E-state index contributed by atoms with van der Waals surface area (Å²) < 4.78 is 23.7. The Morgan fingerprint density at radius 3 is 2.29 bits per heavy atom. The predicted octanol–water partition coefficient (Wildman–Crippen LogP) is 0.950. The molecule has 0 bridgehead atoms. The molecule has 0 aliphatic carbocycles. The Morgan fingerprint density at radius 1 is 1.06 bits per heavy atom. The standard InChI is InChI=1S/C22H21ClFNO9/c1-10(21(32)34-22-17(28)15(26)16(27)18(33-22)20(30)31)25(12-7-8-14(24)13(23)9-12)19(29)11-5-3-2-4-6-11/h2-10,15-18,22,26-28H,1H3,(H,30,31). The van der Waals surface area contributed by atoms with Crippen molar-refractivity contribution in [3.63, 3.8) is 0 Å². The minimum Gasteiger partial charge on any atom is -0.479 e. The lowest BCUT2D eigenvalue weighted by atomic mass is 9.99. The number of esters is 1. The van der Waals surface area contributed by atoms with Crippen molar-refractivity contribution in [2.75, 3.05) is 4.90 Å². The van der Waals surface area contributed by atoms with Gasteiger partial charge in [-0.2, -0.15) is 0 Å². The zero-order valence-electron chi connectivity index (χ0n) is 17.6. The molecule has 0 aromatic heterocycles. The summed E-state index contributed by atoms with van der Waals surface area (Å²) in [4.78, 5) is 38.4. The molecule has 1 heterocycles. The van der Waals surface area contributed by atoms with E-state index in [1.807, 2.05) is 0 Å². The molecule has 4 N–H and O–H groups in total. The third kappa shape index (κ3) is 5.18. The molecular weight excluding hydrogens is 477 g/mol. The highest BCUT2D eigenvalue weighted by molar-refractivity contribution is 6.31. The van der Waals surface area contributed by atoms with Gasteiger partial charge in [0.1, 0.15) is 30.2 Å². The van der Waals surface area contributed by atoms with Crippen LogP contribution in [0.1, 0.15) is 17.3 Å². The van der Waals surface area contributed by atoms with Gasteiger partial charge in [-0.05, 0) is 37.3 Å². The molecule has 6 unspecified atom stereocenters. The van der Waals surface area contributed by atoms with Crippen molar-refractivity contribution >= 4 is 35.1 Å². The van der Waals surface area contributed by atoms with E-state index < -0.39 is 60.4 Å². The van der Waals surface area contributed by atoms with Gasteiger partial charge in [0.05, 0.1) is 5.02 Å². The van der Waals surface area contributed by atoms with Gasteiger partial charge in [-0.25, -0.2) is 14.0 Å². The van der Waals surface area contributed by atoms with Gasteiger partial charge in [0.15, 0.2) is 6.10 Å². The second-order valence-corrected chi connectivity index (χ2v) is 7.89. The number of anilines is 1. The first-order chi connectivity index (χ1) is 16.0. The third-order valence-corrected chi connectivity index (χ3v) is 5.48. The Morgan fingerprint density at radius 2 is 1.71 bits per heavy atom. The number of carbonyl (C=O) groups is 3. The third-order valence-electron chi connectivity index (χ3n) is 5.19. The average Bonchev–Trinajstić information content (AvgIpc) is 2.81. The van der Waals surface area contributed by atoms with Crippen molar-refractivity contribution in [3.05, 3.63) is 64.9 Å². The van der Waals surface area contributed by atoms with Gasteiger partial charge in [0.2, 0.25) is 6.29 Å². The number of carbonyl (C=O) groups excluding carboxylic acids is 2. The number of benzene rings is 2. The monoisotopic (exact) mass is 497 g/mol. The van der Waals surface area contributed by atoms with Crippen molar-refractivity contribution in [2.24, 2.45) is 0 Å². The van der Waals surface area contributed by atoms with Crippen LogP contribution in [-0.4, -0.2) is 75.0 Å². The van der Waals surface area contributed by atoms with E-state index >= 15 is 0 Å². The fourth-order valence-electron chi connectivity index (χ4n) is 3.34. The highest BCUT2D eigenvalue weighted by atomic mass is 35.5. The fourth-order valence-corrected chi connectivity index (χ4v) is 3.51. The van der Waals surface area contributed by atoms with Crippen LogP contribution in [0, 0.1) is 5.82 Å². The first kappa shape index (κ1) is 25.5. The molecule has 10 nitrogen and oxygen atoms in total. The van der Waals surface area contributed by atoms with E-state index in [1.54, 1.807) is 18.2 Å². The van der Waals surface area contributed by atoms with Crippen LogP contribution in [0.3, 0.4) is 0 Å². The van der Waals surface area contributed by atoms with Crippen LogP contribution in [0.2, 0.25) is 5.02 Å². The molecular formula is C22H21ClFNO9. The number of aliphatic carboxylic acids is 1. The number of hydrogen-bond acceptors (Lipinski definition) is 8. The minimum atomic E-state index is -1.99. The summed E-state index contributed by atoms with van der Waals surface area (Å²) in [6.45, 7) is 1.27. The topological polar surface area (TPSA) is 154 Å². The van der Waals surface area contributed by atoms with Crippen LogP contribution in [-0.2, 0) is 19.1 Å². The molecule has 2 aromatic carbocycles. The molecule has 1 saturated heterocycles. The number of halogens is 2. The van der Waals surface area contributed by atoms with Crippen LogP contribution < -0.4 is 4.90 Å². The first-order valence-corrected chi connectivity index (χ1v) is 10.4. The van der Waals surface area contributed by atoms with Crippen LogP contribution in [0.25, 0.3) is 0 Å². The van der Waals surface area contributed by atoms with E-state index in [0.717, 1.165) is 17.0 Å². The lowest BCUT2D eigenvalue weighted by molar-refractivity contribution is -0.286. The van der Waals surface area contributed by atoms with E-state index in [9.17, 15) is 34.1 Å². The molecule has 6 atom stereocenters. The SMILES string of the molecule is CC(C(=O)OC1OC(C(=O)O)C(O)C(O)C1O)N(C(=O)c1ccccc1)c1ccc(F)c(Cl)c1. The quantitative estimate of drug-likeness (QED) is 0.427. The maximum absolute atomic E-state index is 13.7.